The molecule has 1 aromatic carbocycles. The third-order valence-corrected chi connectivity index (χ3v) is 4.37. The molecule has 0 aliphatic carbocycles. The highest BCUT2D eigenvalue weighted by Crippen LogP contribution is 2.40. The summed E-state index contributed by atoms with van der Waals surface area (Å²) in [4.78, 5) is 23.7. The molecule has 0 fully saturated rings. The van der Waals surface area contributed by atoms with Crippen LogP contribution in [0.15, 0.2) is 12.1 Å². The summed E-state index contributed by atoms with van der Waals surface area (Å²) in [6, 6.07) is 3.38. The molecule has 25 heavy (non-hydrogen) atoms. The molecule has 0 radical (unpaired) electrons. The van der Waals surface area contributed by atoms with E-state index in [0.29, 0.717) is 11.3 Å². The van der Waals surface area contributed by atoms with E-state index in [1.807, 2.05) is 20.8 Å². The van der Waals surface area contributed by atoms with E-state index in [4.69, 9.17) is 9.47 Å². The van der Waals surface area contributed by atoms with E-state index in [1.165, 1.54) is 0 Å². The highest BCUT2D eigenvalue weighted by molar-refractivity contribution is 5.91. The number of hydrogen-bond donors (Lipinski definition) is 1. The van der Waals surface area contributed by atoms with Crippen molar-refractivity contribution in [1.82, 2.24) is 0 Å². The summed E-state index contributed by atoms with van der Waals surface area (Å²) >= 11 is 0. The summed E-state index contributed by atoms with van der Waals surface area (Å²) in [5.74, 6) is -0.441. The van der Waals surface area contributed by atoms with E-state index in [0.717, 1.165) is 31.2 Å². The number of aryl methyl sites for hydroxylation is 1. The van der Waals surface area contributed by atoms with Gasteiger partial charge in [-0.05, 0) is 49.7 Å². The van der Waals surface area contributed by atoms with Gasteiger partial charge >= 0.3 is 12.1 Å². The minimum atomic E-state index is -1.01. The maximum absolute atomic E-state index is 12.0. The summed E-state index contributed by atoms with van der Waals surface area (Å²) < 4.78 is 10.4. The molecule has 0 heterocycles. The molecule has 1 unspecified atom stereocenters. The molecular weight excluding hydrogens is 320 g/mol. The molecule has 5 heteroatoms. The lowest BCUT2D eigenvalue weighted by Crippen LogP contribution is -2.18. The van der Waals surface area contributed by atoms with Crippen LogP contribution in [-0.2, 0) is 11.2 Å². The molecule has 5 nitrogen and oxygen atoms in total. The van der Waals surface area contributed by atoms with Gasteiger partial charge in [-0.15, -0.1) is 0 Å². The molecule has 0 bridgehead atoms. The molecule has 0 saturated heterocycles. The fraction of sp³-hybridized carbons (Fsp3) is 0.600. The number of aromatic carboxylic acids is 1. The van der Waals surface area contributed by atoms with Crippen LogP contribution in [0.3, 0.4) is 0 Å². The first-order valence-corrected chi connectivity index (χ1v) is 9.10. The van der Waals surface area contributed by atoms with E-state index in [9.17, 15) is 14.7 Å². The number of unbranched alkanes of at least 4 members (excludes halogenated alkanes) is 1. The van der Waals surface area contributed by atoms with Crippen LogP contribution in [0.5, 0.6) is 5.75 Å². The number of carbonyl (C=O) groups is 2. The maximum Gasteiger partial charge on any atom is 0.513 e. The van der Waals surface area contributed by atoms with E-state index >= 15 is 0 Å². The number of ether oxygens (including phenoxy) is 2. The van der Waals surface area contributed by atoms with Crippen LogP contribution in [0.1, 0.15) is 81.3 Å². The van der Waals surface area contributed by atoms with Gasteiger partial charge in [0.15, 0.2) is 0 Å². The van der Waals surface area contributed by atoms with Crippen molar-refractivity contribution in [2.75, 3.05) is 6.61 Å². The van der Waals surface area contributed by atoms with Crippen molar-refractivity contribution in [3.05, 3.63) is 28.8 Å². The van der Waals surface area contributed by atoms with Crippen molar-refractivity contribution in [3.63, 3.8) is 0 Å². The molecule has 0 saturated carbocycles. The van der Waals surface area contributed by atoms with Gasteiger partial charge < -0.3 is 14.6 Å². The monoisotopic (exact) mass is 350 g/mol. The Morgan fingerprint density at radius 2 is 1.84 bits per heavy atom. The Morgan fingerprint density at radius 3 is 2.32 bits per heavy atom. The first-order valence-electron chi connectivity index (χ1n) is 9.10. The van der Waals surface area contributed by atoms with E-state index in [-0.39, 0.29) is 24.0 Å². The van der Waals surface area contributed by atoms with Gasteiger partial charge in [-0.2, -0.15) is 0 Å². The van der Waals surface area contributed by atoms with Gasteiger partial charge in [0, 0.05) is 5.56 Å². The molecule has 1 rings (SSSR count). The van der Waals surface area contributed by atoms with Gasteiger partial charge in [-0.1, -0.05) is 40.2 Å². The molecule has 0 aromatic heterocycles. The Kier molecular flexibility index (Phi) is 8.46. The Morgan fingerprint density at radius 1 is 1.16 bits per heavy atom. The smallest absolute Gasteiger partial charge is 0.478 e. The Hall–Kier alpha value is -2.04. The van der Waals surface area contributed by atoms with E-state index in [1.54, 1.807) is 19.1 Å². The van der Waals surface area contributed by atoms with Crippen LogP contribution in [0.4, 0.5) is 4.79 Å². The van der Waals surface area contributed by atoms with Crippen molar-refractivity contribution >= 4 is 12.1 Å². The molecule has 0 spiro atoms. The van der Waals surface area contributed by atoms with Gasteiger partial charge in [-0.3, -0.25) is 0 Å². The van der Waals surface area contributed by atoms with Crippen LogP contribution >= 0.6 is 0 Å². The van der Waals surface area contributed by atoms with Gasteiger partial charge in [0.2, 0.25) is 0 Å². The summed E-state index contributed by atoms with van der Waals surface area (Å²) in [5.41, 5.74) is 1.65. The summed E-state index contributed by atoms with van der Waals surface area (Å²) in [7, 11) is 0. The molecule has 0 aliphatic rings. The zero-order valence-corrected chi connectivity index (χ0v) is 15.9. The molecule has 140 valence electrons. The van der Waals surface area contributed by atoms with Crippen LogP contribution in [0.2, 0.25) is 0 Å². The van der Waals surface area contributed by atoms with Gasteiger partial charge in [0.25, 0.3) is 0 Å². The molecule has 0 amide bonds. The van der Waals surface area contributed by atoms with E-state index in [2.05, 4.69) is 6.92 Å². The highest BCUT2D eigenvalue weighted by atomic mass is 16.7. The second kappa shape index (κ2) is 10.1. The number of carboxylic acids is 1. The molecule has 1 aromatic rings. The zero-order valence-electron chi connectivity index (χ0n) is 15.9. The largest absolute Gasteiger partial charge is 0.513 e. The van der Waals surface area contributed by atoms with Crippen LogP contribution < -0.4 is 4.74 Å². The number of hydrogen-bond acceptors (Lipinski definition) is 4. The molecule has 1 atom stereocenters. The molecule has 0 aliphatic heterocycles. The lowest BCUT2D eigenvalue weighted by molar-refractivity contribution is 0.0692. The lowest BCUT2D eigenvalue weighted by atomic mass is 9.81. The minimum absolute atomic E-state index is 0.0166. The second-order valence-electron chi connectivity index (χ2n) is 6.47. The number of rotatable bonds is 9. The maximum atomic E-state index is 12.0. The minimum Gasteiger partial charge on any atom is -0.478 e. The van der Waals surface area contributed by atoms with Crippen molar-refractivity contribution in [2.24, 2.45) is 5.92 Å². The first-order chi connectivity index (χ1) is 11.9. The SMILES string of the molecule is CCCCc1ccc(C(=O)O)c(C(CC)C(C)C)c1OC(=O)OCC. The van der Waals surface area contributed by atoms with Crippen molar-refractivity contribution < 1.29 is 24.2 Å². The zero-order chi connectivity index (χ0) is 19.0. The molecule has 1 N–H and O–H groups in total. The summed E-state index contributed by atoms with van der Waals surface area (Å²) in [6.45, 7) is 10.1. The van der Waals surface area contributed by atoms with Gasteiger partial charge in [0.05, 0.1) is 12.2 Å². The van der Waals surface area contributed by atoms with Crippen LogP contribution in [-0.4, -0.2) is 23.8 Å². The molecular formula is C20H30O5. The summed E-state index contributed by atoms with van der Waals surface area (Å²) in [5, 5.41) is 9.65. The normalized spacial score (nSPS) is 12.1. The summed E-state index contributed by atoms with van der Waals surface area (Å²) in [6.07, 6.45) is 2.63. The van der Waals surface area contributed by atoms with Crippen molar-refractivity contribution in [1.29, 1.82) is 0 Å². The van der Waals surface area contributed by atoms with Crippen LogP contribution in [0, 0.1) is 5.92 Å². The lowest BCUT2D eigenvalue weighted by Gasteiger charge is -2.25. The number of carbonyl (C=O) groups excluding carboxylic acids is 1. The van der Waals surface area contributed by atoms with Crippen LogP contribution in [0.25, 0.3) is 0 Å². The number of carboxylic acid groups (broad SMARTS) is 1. The Labute approximate surface area is 150 Å². The quantitative estimate of drug-likeness (QED) is 0.476. The third kappa shape index (κ3) is 5.48. The predicted octanol–water partition coefficient (Wildman–Crippen LogP) is 5.41. The number of benzene rings is 1. The Balaban J connectivity index is 3.56. The van der Waals surface area contributed by atoms with Gasteiger partial charge in [-0.25, -0.2) is 9.59 Å². The fourth-order valence-corrected chi connectivity index (χ4v) is 3.12. The van der Waals surface area contributed by atoms with Crippen molar-refractivity contribution in [3.8, 4) is 5.75 Å². The standard InChI is InChI=1S/C20H30O5/c1-6-9-10-14-11-12-16(19(21)22)17(15(7-2)13(4)5)18(14)25-20(23)24-8-3/h11-13,15H,6-10H2,1-5H3,(H,21,22). The topological polar surface area (TPSA) is 72.8 Å². The second-order valence-corrected chi connectivity index (χ2v) is 6.47. The third-order valence-electron chi connectivity index (χ3n) is 4.37. The first kappa shape index (κ1) is 21.0. The average molecular weight is 350 g/mol. The van der Waals surface area contributed by atoms with Crippen molar-refractivity contribution in [2.45, 2.75) is 66.2 Å². The van der Waals surface area contributed by atoms with E-state index < -0.39 is 12.1 Å². The fourth-order valence-electron chi connectivity index (χ4n) is 3.12. The predicted molar refractivity (Wildman–Crippen MR) is 97.5 cm³/mol. The highest BCUT2D eigenvalue weighted by Gasteiger charge is 2.28. The average Bonchev–Trinajstić information content (AvgIpc) is 2.54. The van der Waals surface area contributed by atoms with Gasteiger partial charge in [0.1, 0.15) is 5.75 Å². The Bertz CT molecular complexity index is 592.